The SMILES string of the molecule is C#CCCC1(CCC(=O)N(C)CC2OCCN(C)C2c2ccccc2)N=N1. The first-order valence-corrected chi connectivity index (χ1v) is 9.53. The molecule has 1 aromatic rings. The lowest BCUT2D eigenvalue weighted by Gasteiger charge is -2.41. The van der Waals surface area contributed by atoms with Crippen molar-refractivity contribution in [3.05, 3.63) is 35.9 Å². The minimum atomic E-state index is -0.406. The number of hydrogen-bond acceptors (Lipinski definition) is 5. The molecule has 27 heavy (non-hydrogen) atoms. The molecule has 1 amide bonds. The van der Waals surface area contributed by atoms with Crippen LogP contribution in [-0.2, 0) is 9.53 Å². The number of hydrogen-bond donors (Lipinski definition) is 0. The van der Waals surface area contributed by atoms with Crippen molar-refractivity contribution in [1.82, 2.24) is 9.80 Å². The van der Waals surface area contributed by atoms with Crippen LogP contribution in [0.1, 0.15) is 37.3 Å². The first-order valence-electron chi connectivity index (χ1n) is 9.53. The maximum absolute atomic E-state index is 12.6. The Labute approximate surface area is 161 Å². The molecule has 0 aromatic heterocycles. The van der Waals surface area contributed by atoms with Crippen LogP contribution in [0.25, 0.3) is 0 Å². The highest BCUT2D eigenvalue weighted by atomic mass is 16.5. The van der Waals surface area contributed by atoms with Gasteiger partial charge in [0, 0.05) is 45.8 Å². The van der Waals surface area contributed by atoms with Crippen LogP contribution >= 0.6 is 0 Å². The second-order valence-electron chi connectivity index (χ2n) is 7.41. The molecule has 6 heteroatoms. The van der Waals surface area contributed by atoms with Crippen molar-refractivity contribution in [3.8, 4) is 12.3 Å². The highest BCUT2D eigenvalue weighted by Crippen LogP contribution is 2.37. The van der Waals surface area contributed by atoms with E-state index in [9.17, 15) is 4.79 Å². The molecule has 2 aliphatic rings. The predicted octanol–water partition coefficient (Wildman–Crippen LogP) is 2.87. The first-order chi connectivity index (χ1) is 13.0. The highest BCUT2D eigenvalue weighted by molar-refractivity contribution is 5.76. The lowest BCUT2D eigenvalue weighted by molar-refractivity contribution is -0.135. The molecule has 2 atom stereocenters. The summed E-state index contributed by atoms with van der Waals surface area (Å²) in [4.78, 5) is 16.7. The average molecular weight is 368 g/mol. The van der Waals surface area contributed by atoms with Crippen molar-refractivity contribution in [3.63, 3.8) is 0 Å². The Morgan fingerprint density at radius 2 is 2.11 bits per heavy atom. The quantitative estimate of drug-likeness (QED) is 0.663. The van der Waals surface area contributed by atoms with E-state index >= 15 is 0 Å². The molecule has 0 aliphatic carbocycles. The average Bonchev–Trinajstić information content (AvgIpc) is 3.45. The smallest absolute Gasteiger partial charge is 0.222 e. The minimum Gasteiger partial charge on any atom is -0.373 e. The molecule has 6 nitrogen and oxygen atoms in total. The number of ether oxygens (including phenoxy) is 1. The van der Waals surface area contributed by atoms with Gasteiger partial charge in [-0.15, -0.1) is 12.3 Å². The number of likely N-dealkylation sites (N-methyl/N-ethyl adjacent to an activating group) is 2. The fourth-order valence-electron chi connectivity index (χ4n) is 3.67. The van der Waals surface area contributed by atoms with E-state index in [4.69, 9.17) is 11.2 Å². The number of carbonyl (C=O) groups is 1. The maximum atomic E-state index is 12.6. The van der Waals surface area contributed by atoms with Crippen molar-refractivity contribution < 1.29 is 9.53 Å². The Morgan fingerprint density at radius 3 is 2.78 bits per heavy atom. The molecule has 2 heterocycles. The van der Waals surface area contributed by atoms with Crippen molar-refractivity contribution in [2.45, 2.75) is 43.5 Å². The van der Waals surface area contributed by atoms with Gasteiger partial charge in [0.1, 0.15) is 0 Å². The molecule has 0 spiro atoms. The number of nitrogens with zero attached hydrogens (tertiary/aromatic N) is 4. The molecule has 1 saturated heterocycles. The van der Waals surface area contributed by atoms with Crippen molar-refractivity contribution in [2.75, 3.05) is 33.8 Å². The van der Waals surface area contributed by atoms with Gasteiger partial charge in [0.15, 0.2) is 5.66 Å². The van der Waals surface area contributed by atoms with Gasteiger partial charge in [0.25, 0.3) is 0 Å². The summed E-state index contributed by atoms with van der Waals surface area (Å²) in [6.45, 7) is 2.13. The maximum Gasteiger partial charge on any atom is 0.222 e. The van der Waals surface area contributed by atoms with Crippen LogP contribution in [0.5, 0.6) is 0 Å². The number of carbonyl (C=O) groups excluding carboxylic acids is 1. The zero-order valence-electron chi connectivity index (χ0n) is 16.2. The highest BCUT2D eigenvalue weighted by Gasteiger charge is 2.40. The van der Waals surface area contributed by atoms with Crippen molar-refractivity contribution in [1.29, 1.82) is 0 Å². The van der Waals surface area contributed by atoms with E-state index in [0.29, 0.717) is 32.4 Å². The molecule has 0 saturated carbocycles. The first kappa shape index (κ1) is 19.5. The van der Waals surface area contributed by atoms with Gasteiger partial charge in [0.05, 0.1) is 18.8 Å². The molecule has 144 valence electrons. The summed E-state index contributed by atoms with van der Waals surface area (Å²) in [5, 5.41) is 8.21. The summed E-state index contributed by atoms with van der Waals surface area (Å²) in [5.41, 5.74) is 0.811. The van der Waals surface area contributed by atoms with Gasteiger partial charge in [0.2, 0.25) is 5.91 Å². The van der Waals surface area contributed by atoms with E-state index < -0.39 is 5.66 Å². The van der Waals surface area contributed by atoms with Crippen LogP contribution in [0.2, 0.25) is 0 Å². The number of rotatable bonds is 8. The molecule has 2 aliphatic heterocycles. The normalized spacial score (nSPS) is 23.6. The Morgan fingerprint density at radius 1 is 1.37 bits per heavy atom. The third-order valence-electron chi connectivity index (χ3n) is 5.42. The van der Waals surface area contributed by atoms with E-state index in [1.807, 2.05) is 25.2 Å². The largest absolute Gasteiger partial charge is 0.373 e. The summed E-state index contributed by atoms with van der Waals surface area (Å²) < 4.78 is 6.05. The van der Waals surface area contributed by atoms with E-state index in [2.05, 4.69) is 40.2 Å². The molecular weight excluding hydrogens is 340 g/mol. The third-order valence-corrected chi connectivity index (χ3v) is 5.42. The monoisotopic (exact) mass is 368 g/mol. The van der Waals surface area contributed by atoms with Crippen LogP contribution in [0.3, 0.4) is 0 Å². The van der Waals surface area contributed by atoms with Gasteiger partial charge in [-0.2, -0.15) is 10.2 Å². The van der Waals surface area contributed by atoms with Crippen LogP contribution in [0.15, 0.2) is 40.6 Å². The molecule has 2 unspecified atom stereocenters. The molecule has 1 fully saturated rings. The van der Waals surface area contributed by atoms with Crippen molar-refractivity contribution in [2.24, 2.45) is 10.2 Å². The van der Waals surface area contributed by atoms with E-state index in [0.717, 1.165) is 13.0 Å². The molecule has 0 radical (unpaired) electrons. The van der Waals surface area contributed by atoms with Crippen molar-refractivity contribution >= 4 is 5.91 Å². The van der Waals surface area contributed by atoms with Gasteiger partial charge >= 0.3 is 0 Å². The van der Waals surface area contributed by atoms with E-state index in [-0.39, 0.29) is 18.1 Å². The summed E-state index contributed by atoms with van der Waals surface area (Å²) in [7, 11) is 3.96. The lowest BCUT2D eigenvalue weighted by Crippen LogP contribution is -2.48. The molecule has 0 N–H and O–H groups in total. The van der Waals surface area contributed by atoms with Crippen LogP contribution in [0, 0.1) is 12.3 Å². The van der Waals surface area contributed by atoms with E-state index in [1.54, 1.807) is 4.90 Å². The van der Waals surface area contributed by atoms with E-state index in [1.165, 1.54) is 5.56 Å². The number of benzene rings is 1. The summed E-state index contributed by atoms with van der Waals surface area (Å²) in [5.74, 6) is 2.71. The topological polar surface area (TPSA) is 57.5 Å². The summed E-state index contributed by atoms with van der Waals surface area (Å²) >= 11 is 0. The Kier molecular flexibility index (Phi) is 6.25. The Bertz CT molecular complexity index is 707. The second-order valence-corrected chi connectivity index (χ2v) is 7.41. The summed E-state index contributed by atoms with van der Waals surface area (Å²) in [6, 6.07) is 10.5. The van der Waals surface area contributed by atoms with Gasteiger partial charge in [-0.3, -0.25) is 9.69 Å². The Hall–Kier alpha value is -2.23. The number of terminal acetylenes is 1. The van der Waals surface area contributed by atoms with Crippen LogP contribution in [0.4, 0.5) is 0 Å². The minimum absolute atomic E-state index is 0.0502. The summed E-state index contributed by atoms with van der Waals surface area (Å²) in [6.07, 6.45) is 7.69. The van der Waals surface area contributed by atoms with Crippen LogP contribution < -0.4 is 0 Å². The number of amides is 1. The van der Waals surface area contributed by atoms with Gasteiger partial charge in [-0.1, -0.05) is 30.3 Å². The zero-order chi connectivity index (χ0) is 19.3. The fraction of sp³-hybridized carbons (Fsp3) is 0.571. The number of morpholine rings is 1. The predicted molar refractivity (Wildman–Crippen MR) is 104 cm³/mol. The van der Waals surface area contributed by atoms with Gasteiger partial charge in [-0.25, -0.2) is 0 Å². The molecule has 3 rings (SSSR count). The Balaban J connectivity index is 1.56. The van der Waals surface area contributed by atoms with Gasteiger partial charge in [-0.05, 0) is 12.6 Å². The molecule has 0 bridgehead atoms. The molecular formula is C21H28N4O2. The van der Waals surface area contributed by atoms with Gasteiger partial charge < -0.3 is 9.64 Å². The molecule has 1 aromatic carbocycles. The third kappa shape index (κ3) is 4.94. The lowest BCUT2D eigenvalue weighted by atomic mass is 9.97. The standard InChI is InChI=1S/C21H28N4O2/c1-4-5-12-21(22-23-21)13-11-19(26)25(3)16-18-20(24(2)14-15-27-18)17-9-7-6-8-10-17/h1,6-10,18,20H,5,11-16H2,2-3H3. The fourth-order valence-corrected chi connectivity index (χ4v) is 3.67. The second kappa shape index (κ2) is 8.64. The zero-order valence-corrected chi connectivity index (χ0v) is 16.2. The van der Waals surface area contributed by atoms with Crippen LogP contribution in [-0.4, -0.2) is 61.3 Å².